The van der Waals surface area contributed by atoms with Crippen LogP contribution in [0.5, 0.6) is 0 Å². The highest BCUT2D eigenvalue weighted by molar-refractivity contribution is 5.44. The van der Waals surface area contributed by atoms with E-state index < -0.39 is 17.5 Å². The first-order chi connectivity index (χ1) is 8.66. The number of rotatable bonds is 3. The molecule has 0 unspecified atom stereocenters. The second-order valence-corrected chi connectivity index (χ2v) is 4.23. The summed E-state index contributed by atoms with van der Waals surface area (Å²) in [7, 11) is 0. The molecule has 1 saturated carbocycles. The van der Waals surface area contributed by atoms with Gasteiger partial charge in [0.1, 0.15) is 0 Å². The molecule has 3 rings (SSSR count). The second kappa shape index (κ2) is 4.04. The Morgan fingerprint density at radius 1 is 1.17 bits per heavy atom. The molecule has 2 aromatic rings. The summed E-state index contributed by atoms with van der Waals surface area (Å²) in [6.45, 7) is 0. The van der Waals surface area contributed by atoms with Crippen molar-refractivity contribution in [2.75, 3.05) is 5.32 Å². The highest BCUT2D eigenvalue weighted by Gasteiger charge is 2.24. The number of halogens is 3. The van der Waals surface area contributed by atoms with E-state index in [0.717, 1.165) is 18.9 Å². The summed E-state index contributed by atoms with van der Waals surface area (Å²) >= 11 is 0. The maximum absolute atomic E-state index is 13.7. The Kier molecular flexibility index (Phi) is 2.50. The fourth-order valence-corrected chi connectivity index (χ4v) is 1.72. The van der Waals surface area contributed by atoms with E-state index in [0.29, 0.717) is 12.0 Å². The maximum atomic E-state index is 13.7. The van der Waals surface area contributed by atoms with Crippen molar-refractivity contribution >= 4 is 5.95 Å². The Labute approximate surface area is 101 Å². The molecule has 0 atom stereocenters. The second-order valence-electron chi connectivity index (χ2n) is 4.23. The van der Waals surface area contributed by atoms with Crippen molar-refractivity contribution < 1.29 is 13.2 Å². The van der Waals surface area contributed by atoms with Crippen molar-refractivity contribution in [3.63, 3.8) is 0 Å². The molecule has 1 aliphatic carbocycles. The zero-order valence-electron chi connectivity index (χ0n) is 9.33. The number of hydrogen-bond acceptors (Lipinski definition) is 2. The van der Waals surface area contributed by atoms with Gasteiger partial charge in [0.15, 0.2) is 17.5 Å². The minimum absolute atomic E-state index is 0.0606. The average Bonchev–Trinajstić information content (AvgIpc) is 3.05. The van der Waals surface area contributed by atoms with Crippen LogP contribution in [-0.4, -0.2) is 15.6 Å². The molecular weight excluding hydrogens is 243 g/mol. The Hall–Kier alpha value is -1.98. The first kappa shape index (κ1) is 11.1. The third-order valence-electron chi connectivity index (χ3n) is 2.83. The molecule has 1 aliphatic rings. The van der Waals surface area contributed by atoms with Crippen LogP contribution in [0.2, 0.25) is 0 Å². The van der Waals surface area contributed by atoms with Gasteiger partial charge in [-0.25, -0.2) is 18.2 Å². The topological polar surface area (TPSA) is 29.9 Å². The SMILES string of the molecule is Fc1ccc(-n2ccnc2NC2CC2)c(F)c1F. The summed E-state index contributed by atoms with van der Waals surface area (Å²) in [5.74, 6) is -3.46. The van der Waals surface area contributed by atoms with E-state index in [1.165, 1.54) is 23.0 Å². The molecule has 0 amide bonds. The molecule has 1 aromatic carbocycles. The predicted octanol–water partition coefficient (Wildman–Crippen LogP) is 2.86. The van der Waals surface area contributed by atoms with Crippen molar-refractivity contribution in [1.82, 2.24) is 9.55 Å². The van der Waals surface area contributed by atoms with Crippen molar-refractivity contribution in [2.45, 2.75) is 18.9 Å². The molecule has 6 heteroatoms. The van der Waals surface area contributed by atoms with Gasteiger partial charge in [-0.1, -0.05) is 0 Å². The molecule has 1 N–H and O–H groups in total. The van der Waals surface area contributed by atoms with Gasteiger partial charge in [-0.15, -0.1) is 0 Å². The summed E-state index contributed by atoms with van der Waals surface area (Å²) in [6.07, 6.45) is 5.05. The smallest absolute Gasteiger partial charge is 0.207 e. The van der Waals surface area contributed by atoms with Crippen molar-refractivity contribution in [3.05, 3.63) is 42.0 Å². The third-order valence-corrected chi connectivity index (χ3v) is 2.83. The Balaban J connectivity index is 2.03. The zero-order valence-corrected chi connectivity index (χ0v) is 9.33. The largest absolute Gasteiger partial charge is 0.353 e. The van der Waals surface area contributed by atoms with E-state index in [4.69, 9.17) is 0 Å². The third kappa shape index (κ3) is 1.83. The number of nitrogens with one attached hydrogen (secondary N) is 1. The van der Waals surface area contributed by atoms with Gasteiger partial charge in [0.25, 0.3) is 0 Å². The molecule has 3 nitrogen and oxygen atoms in total. The van der Waals surface area contributed by atoms with E-state index >= 15 is 0 Å². The first-order valence-corrected chi connectivity index (χ1v) is 5.60. The van der Waals surface area contributed by atoms with E-state index in [9.17, 15) is 13.2 Å². The highest BCUT2D eigenvalue weighted by Crippen LogP contribution is 2.26. The Morgan fingerprint density at radius 3 is 2.67 bits per heavy atom. The number of anilines is 1. The molecule has 1 fully saturated rings. The zero-order chi connectivity index (χ0) is 12.7. The van der Waals surface area contributed by atoms with Gasteiger partial charge in [0, 0.05) is 18.4 Å². The molecule has 1 heterocycles. The number of aromatic nitrogens is 2. The van der Waals surface area contributed by atoms with Gasteiger partial charge in [0.05, 0.1) is 5.69 Å². The Morgan fingerprint density at radius 2 is 1.94 bits per heavy atom. The number of imidazole rings is 1. The van der Waals surface area contributed by atoms with E-state index in [-0.39, 0.29) is 5.69 Å². The lowest BCUT2D eigenvalue weighted by Crippen LogP contribution is -2.09. The Bertz CT molecular complexity index is 590. The lowest BCUT2D eigenvalue weighted by molar-refractivity contribution is 0.445. The van der Waals surface area contributed by atoms with Crippen LogP contribution in [0.15, 0.2) is 24.5 Å². The molecule has 18 heavy (non-hydrogen) atoms. The van der Waals surface area contributed by atoms with Crippen LogP contribution >= 0.6 is 0 Å². The molecule has 0 bridgehead atoms. The van der Waals surface area contributed by atoms with Gasteiger partial charge in [0.2, 0.25) is 5.95 Å². The van der Waals surface area contributed by atoms with Gasteiger partial charge in [-0.2, -0.15) is 0 Å². The summed E-state index contributed by atoms with van der Waals surface area (Å²) < 4.78 is 41.1. The van der Waals surface area contributed by atoms with Crippen LogP contribution in [0.4, 0.5) is 19.1 Å². The van der Waals surface area contributed by atoms with Gasteiger partial charge in [-0.05, 0) is 25.0 Å². The van der Waals surface area contributed by atoms with E-state index in [1.807, 2.05) is 0 Å². The summed E-state index contributed by atoms with van der Waals surface area (Å²) in [4.78, 5) is 4.03. The summed E-state index contributed by atoms with van der Waals surface area (Å²) in [5, 5.41) is 3.09. The van der Waals surface area contributed by atoms with Crippen LogP contribution < -0.4 is 5.32 Å². The average molecular weight is 253 g/mol. The predicted molar refractivity (Wildman–Crippen MR) is 60.1 cm³/mol. The van der Waals surface area contributed by atoms with Gasteiger partial charge in [-0.3, -0.25) is 4.57 Å². The van der Waals surface area contributed by atoms with Gasteiger partial charge < -0.3 is 5.32 Å². The van der Waals surface area contributed by atoms with Crippen molar-refractivity contribution in [2.24, 2.45) is 0 Å². The van der Waals surface area contributed by atoms with E-state index in [1.54, 1.807) is 0 Å². The minimum Gasteiger partial charge on any atom is -0.353 e. The first-order valence-electron chi connectivity index (χ1n) is 5.60. The monoisotopic (exact) mass is 253 g/mol. The van der Waals surface area contributed by atoms with Crippen molar-refractivity contribution in [1.29, 1.82) is 0 Å². The summed E-state index contributed by atoms with van der Waals surface area (Å²) in [5.41, 5.74) is -0.0606. The number of nitrogens with zero attached hydrogens (tertiary/aromatic N) is 2. The van der Waals surface area contributed by atoms with E-state index in [2.05, 4.69) is 10.3 Å². The quantitative estimate of drug-likeness (QED) is 0.852. The van der Waals surface area contributed by atoms with Crippen LogP contribution in [0.3, 0.4) is 0 Å². The molecule has 0 saturated heterocycles. The van der Waals surface area contributed by atoms with Crippen molar-refractivity contribution in [3.8, 4) is 5.69 Å². The molecular formula is C12H10F3N3. The fourth-order valence-electron chi connectivity index (χ4n) is 1.72. The molecule has 0 radical (unpaired) electrons. The fraction of sp³-hybridized carbons (Fsp3) is 0.250. The molecule has 0 aliphatic heterocycles. The normalized spacial score (nSPS) is 14.8. The lowest BCUT2D eigenvalue weighted by Gasteiger charge is -2.10. The maximum Gasteiger partial charge on any atom is 0.207 e. The molecule has 0 spiro atoms. The number of hydrogen-bond donors (Lipinski definition) is 1. The standard InChI is InChI=1S/C12H10F3N3/c13-8-3-4-9(11(15)10(8)14)18-6-5-16-12(18)17-7-1-2-7/h3-7H,1-2H2,(H,16,17). The highest BCUT2D eigenvalue weighted by atomic mass is 19.2. The number of benzene rings is 1. The lowest BCUT2D eigenvalue weighted by atomic mass is 10.3. The van der Waals surface area contributed by atoms with Crippen LogP contribution in [0, 0.1) is 17.5 Å². The molecule has 1 aromatic heterocycles. The van der Waals surface area contributed by atoms with Crippen LogP contribution in [-0.2, 0) is 0 Å². The van der Waals surface area contributed by atoms with Crippen LogP contribution in [0.1, 0.15) is 12.8 Å². The van der Waals surface area contributed by atoms with Gasteiger partial charge >= 0.3 is 0 Å². The summed E-state index contributed by atoms with van der Waals surface area (Å²) in [6, 6.07) is 2.42. The minimum atomic E-state index is -1.47. The van der Waals surface area contributed by atoms with Crippen LogP contribution in [0.25, 0.3) is 5.69 Å². The molecule has 94 valence electrons.